The van der Waals surface area contributed by atoms with Crippen LogP contribution in [0.2, 0.25) is 0 Å². The van der Waals surface area contributed by atoms with Gasteiger partial charge < -0.3 is 14.6 Å². The summed E-state index contributed by atoms with van der Waals surface area (Å²) in [6.45, 7) is 8.99. The number of aryl methyl sites for hydroxylation is 1. The molecule has 0 aliphatic heterocycles. The Kier molecular flexibility index (Phi) is 7.56. The third-order valence-corrected chi connectivity index (χ3v) is 6.33. The number of hydrogen-bond acceptors (Lipinski definition) is 4. The van der Waals surface area contributed by atoms with Gasteiger partial charge in [0.05, 0.1) is 35.1 Å². The summed E-state index contributed by atoms with van der Waals surface area (Å²) in [5, 5.41) is 0.760. The van der Waals surface area contributed by atoms with E-state index in [4.69, 9.17) is 4.74 Å². The average molecular weight is 426 g/mol. The number of amides is 1. The zero-order valence-corrected chi connectivity index (χ0v) is 19.3. The van der Waals surface area contributed by atoms with Crippen LogP contribution in [-0.2, 0) is 9.53 Å². The average Bonchev–Trinajstić information content (AvgIpc) is 3.16. The molecule has 2 atom stereocenters. The number of fused-ring (bicyclic) bond motifs is 1. The van der Waals surface area contributed by atoms with Gasteiger partial charge in [-0.25, -0.2) is 4.98 Å². The summed E-state index contributed by atoms with van der Waals surface area (Å²) in [5.41, 5.74) is 5.23. The summed E-state index contributed by atoms with van der Waals surface area (Å²) in [6.07, 6.45) is 1.02. The van der Waals surface area contributed by atoms with Gasteiger partial charge in [0.2, 0.25) is 5.91 Å². The molecule has 0 aliphatic rings. The van der Waals surface area contributed by atoms with Gasteiger partial charge in [-0.1, -0.05) is 55.9 Å². The number of carbonyl (C=O) groups excluding carboxylic acids is 1. The van der Waals surface area contributed by atoms with Crippen LogP contribution >= 0.6 is 11.8 Å². The van der Waals surface area contributed by atoms with Gasteiger partial charge in [-0.3, -0.25) is 4.79 Å². The van der Waals surface area contributed by atoms with E-state index in [9.17, 15) is 4.79 Å². The minimum absolute atomic E-state index is 0.0591. The Balaban J connectivity index is 1.89. The molecule has 0 saturated heterocycles. The fraction of sp³-hybridized carbons (Fsp3) is 0.417. The highest BCUT2D eigenvalue weighted by atomic mass is 32.2. The van der Waals surface area contributed by atoms with Crippen molar-refractivity contribution in [2.45, 2.75) is 51.2 Å². The minimum Gasteiger partial charge on any atom is -0.383 e. The van der Waals surface area contributed by atoms with Crippen molar-refractivity contribution in [2.75, 3.05) is 24.4 Å². The molecule has 0 spiro atoms. The number of hydrogen-bond donors (Lipinski definition) is 1. The lowest BCUT2D eigenvalue weighted by Gasteiger charge is -2.33. The van der Waals surface area contributed by atoms with Crippen molar-refractivity contribution < 1.29 is 9.53 Å². The number of imidazole rings is 1. The lowest BCUT2D eigenvalue weighted by molar-refractivity contribution is -0.116. The zero-order chi connectivity index (χ0) is 21.7. The van der Waals surface area contributed by atoms with Gasteiger partial charge >= 0.3 is 0 Å². The number of H-pyrrole nitrogens is 1. The predicted molar refractivity (Wildman–Crippen MR) is 126 cm³/mol. The number of rotatable bonds is 9. The van der Waals surface area contributed by atoms with E-state index in [1.165, 1.54) is 17.3 Å². The molecule has 1 N–H and O–H groups in total. The first-order valence-corrected chi connectivity index (χ1v) is 11.4. The van der Waals surface area contributed by atoms with Gasteiger partial charge in [0.25, 0.3) is 0 Å². The van der Waals surface area contributed by atoms with Gasteiger partial charge in [0.15, 0.2) is 5.16 Å². The van der Waals surface area contributed by atoms with Crippen molar-refractivity contribution in [3.05, 3.63) is 53.6 Å². The van der Waals surface area contributed by atoms with Crippen LogP contribution in [-0.4, -0.2) is 41.4 Å². The Bertz CT molecular complexity index is 968. The number of ether oxygens (including phenoxy) is 1. The largest absolute Gasteiger partial charge is 0.383 e. The summed E-state index contributed by atoms with van der Waals surface area (Å²) in [7, 11) is 1.68. The van der Waals surface area contributed by atoms with E-state index >= 15 is 0 Å². The highest BCUT2D eigenvalue weighted by Gasteiger charge is 2.27. The molecule has 0 aliphatic carbocycles. The number of aromatic nitrogens is 2. The number of benzene rings is 2. The number of para-hydroxylation sites is 3. The highest BCUT2D eigenvalue weighted by molar-refractivity contribution is 7.99. The van der Waals surface area contributed by atoms with Gasteiger partial charge in [0, 0.05) is 7.11 Å². The highest BCUT2D eigenvalue weighted by Crippen LogP contribution is 2.34. The normalized spacial score (nSPS) is 13.4. The molecule has 0 radical (unpaired) electrons. The molecular weight excluding hydrogens is 394 g/mol. The van der Waals surface area contributed by atoms with Crippen molar-refractivity contribution in [2.24, 2.45) is 0 Å². The molecule has 1 amide bonds. The van der Waals surface area contributed by atoms with Crippen molar-refractivity contribution >= 4 is 34.4 Å². The van der Waals surface area contributed by atoms with Crippen LogP contribution in [0.4, 0.5) is 5.69 Å². The Morgan fingerprint density at radius 2 is 1.97 bits per heavy atom. The number of thioether (sulfide) groups is 1. The van der Waals surface area contributed by atoms with Gasteiger partial charge in [-0.2, -0.15) is 0 Å². The molecule has 160 valence electrons. The number of anilines is 1. The minimum atomic E-state index is -0.0670. The first-order valence-electron chi connectivity index (χ1n) is 10.4. The zero-order valence-electron chi connectivity index (χ0n) is 18.4. The fourth-order valence-electron chi connectivity index (χ4n) is 3.73. The molecule has 0 bridgehead atoms. The maximum Gasteiger partial charge on any atom is 0.237 e. The lowest BCUT2D eigenvalue weighted by atomic mass is 9.93. The van der Waals surface area contributed by atoms with Crippen LogP contribution < -0.4 is 4.90 Å². The van der Waals surface area contributed by atoms with E-state index in [2.05, 4.69) is 48.9 Å². The molecular formula is C24H31N3O2S. The van der Waals surface area contributed by atoms with Crippen molar-refractivity contribution in [3.63, 3.8) is 0 Å². The summed E-state index contributed by atoms with van der Waals surface area (Å²) in [5.74, 6) is 0.735. The molecule has 3 aromatic rings. The van der Waals surface area contributed by atoms with Crippen LogP contribution in [0.5, 0.6) is 0 Å². The Labute approximate surface area is 183 Å². The van der Waals surface area contributed by atoms with Crippen LogP contribution in [0.1, 0.15) is 44.2 Å². The summed E-state index contributed by atoms with van der Waals surface area (Å²) in [4.78, 5) is 23.3. The van der Waals surface area contributed by atoms with Crippen molar-refractivity contribution in [1.29, 1.82) is 0 Å². The monoisotopic (exact) mass is 425 g/mol. The third kappa shape index (κ3) is 4.87. The Hall–Kier alpha value is -2.31. The molecule has 6 heteroatoms. The molecule has 2 aromatic carbocycles. The van der Waals surface area contributed by atoms with E-state index in [-0.39, 0.29) is 11.9 Å². The van der Waals surface area contributed by atoms with Gasteiger partial charge in [-0.05, 0) is 49.4 Å². The molecule has 0 fully saturated rings. The molecule has 0 saturated carbocycles. The smallest absolute Gasteiger partial charge is 0.237 e. The number of aromatic amines is 1. The first kappa shape index (κ1) is 22.4. The number of nitrogens with one attached hydrogen (secondary N) is 1. The third-order valence-electron chi connectivity index (χ3n) is 5.47. The second kappa shape index (κ2) is 10.1. The maximum atomic E-state index is 13.5. The second-order valence-electron chi connectivity index (χ2n) is 7.74. The maximum absolute atomic E-state index is 13.5. The van der Waals surface area contributed by atoms with Crippen molar-refractivity contribution in [1.82, 2.24) is 9.97 Å². The number of carbonyl (C=O) groups is 1. The standard InChI is InChI=1S/C24H31N3O2S/c1-6-16(2)19-11-9-10-17(3)23(19)27(18(4)14-29-5)22(28)15-30-24-25-20-12-7-8-13-21(20)26-24/h7-13,16,18H,6,14-15H2,1-5H3,(H,25,26)/t16-,18-/m1/s1. The van der Waals surface area contributed by atoms with Crippen LogP contribution in [0.3, 0.4) is 0 Å². The van der Waals surface area contributed by atoms with E-state index < -0.39 is 0 Å². The van der Waals surface area contributed by atoms with E-state index in [1.54, 1.807) is 7.11 Å². The van der Waals surface area contributed by atoms with Crippen LogP contribution in [0.15, 0.2) is 47.6 Å². The molecule has 30 heavy (non-hydrogen) atoms. The van der Waals surface area contributed by atoms with Gasteiger partial charge in [-0.15, -0.1) is 0 Å². The van der Waals surface area contributed by atoms with E-state index in [0.29, 0.717) is 18.3 Å². The predicted octanol–water partition coefficient (Wildman–Crippen LogP) is 5.55. The van der Waals surface area contributed by atoms with Crippen molar-refractivity contribution in [3.8, 4) is 0 Å². The Morgan fingerprint density at radius 3 is 2.67 bits per heavy atom. The molecule has 0 unspecified atom stereocenters. The lowest BCUT2D eigenvalue weighted by Crippen LogP contribution is -2.43. The molecule has 3 rings (SSSR count). The molecule has 1 aromatic heterocycles. The van der Waals surface area contributed by atoms with Gasteiger partial charge in [0.1, 0.15) is 0 Å². The fourth-order valence-corrected chi connectivity index (χ4v) is 4.48. The Morgan fingerprint density at radius 1 is 1.20 bits per heavy atom. The molecule has 5 nitrogen and oxygen atoms in total. The number of methoxy groups -OCH3 is 1. The summed E-state index contributed by atoms with van der Waals surface area (Å²) in [6, 6.07) is 14.1. The first-order chi connectivity index (χ1) is 14.5. The summed E-state index contributed by atoms with van der Waals surface area (Å²) < 4.78 is 5.41. The van der Waals surface area contributed by atoms with E-state index in [1.807, 2.05) is 36.1 Å². The topological polar surface area (TPSA) is 58.2 Å². The summed E-state index contributed by atoms with van der Waals surface area (Å²) >= 11 is 1.44. The molecule has 1 heterocycles. The SMILES string of the molecule is CC[C@@H](C)c1cccc(C)c1N(C(=O)CSc1nc2ccccc2[nH]1)[C@H](C)COC. The second-order valence-corrected chi connectivity index (χ2v) is 8.70. The number of nitrogens with zero attached hydrogens (tertiary/aromatic N) is 2. The van der Waals surface area contributed by atoms with Crippen LogP contribution in [0.25, 0.3) is 11.0 Å². The quantitative estimate of drug-likeness (QED) is 0.457. The van der Waals surface area contributed by atoms with E-state index in [0.717, 1.165) is 33.9 Å². The van der Waals surface area contributed by atoms with Crippen LogP contribution in [0, 0.1) is 6.92 Å².